The minimum absolute atomic E-state index is 0.213. The van der Waals surface area contributed by atoms with Gasteiger partial charge in [-0.05, 0) is 40.5 Å². The van der Waals surface area contributed by atoms with Crippen LogP contribution in [0.4, 0.5) is 14.9 Å². The smallest absolute Gasteiger partial charge is 0.326 e. The minimum Gasteiger partial charge on any atom is -0.480 e. The summed E-state index contributed by atoms with van der Waals surface area (Å²) < 4.78 is 13.2. The van der Waals surface area contributed by atoms with E-state index in [0.717, 1.165) is 0 Å². The highest BCUT2D eigenvalue weighted by atomic mass is 79.9. The highest BCUT2D eigenvalue weighted by Crippen LogP contribution is 2.19. The van der Waals surface area contributed by atoms with Crippen LogP contribution >= 0.6 is 15.9 Å². The molecule has 98 valence electrons. The molecular formula is C11H12BrFN2O3. The summed E-state index contributed by atoms with van der Waals surface area (Å²) in [6, 6.07) is 2.35. The number of benzene rings is 1. The van der Waals surface area contributed by atoms with Crippen LogP contribution in [-0.4, -0.2) is 23.1 Å². The second kappa shape index (κ2) is 6.34. The van der Waals surface area contributed by atoms with Crippen LogP contribution in [0.3, 0.4) is 0 Å². The van der Waals surface area contributed by atoms with Crippen molar-refractivity contribution in [1.82, 2.24) is 5.32 Å². The Labute approximate surface area is 112 Å². The second-order valence-corrected chi connectivity index (χ2v) is 4.38. The van der Waals surface area contributed by atoms with E-state index in [2.05, 4.69) is 26.6 Å². The molecule has 0 spiro atoms. The molecule has 7 heteroatoms. The number of carbonyl (C=O) groups is 2. The van der Waals surface area contributed by atoms with E-state index in [-0.39, 0.29) is 10.9 Å². The molecule has 18 heavy (non-hydrogen) atoms. The molecule has 1 unspecified atom stereocenters. The number of hydrogen-bond donors (Lipinski definition) is 3. The fraction of sp³-hybridized carbons (Fsp3) is 0.273. The highest BCUT2D eigenvalue weighted by Gasteiger charge is 2.17. The van der Waals surface area contributed by atoms with Crippen molar-refractivity contribution in [2.24, 2.45) is 0 Å². The quantitative estimate of drug-likeness (QED) is 0.798. The molecule has 0 aliphatic carbocycles. The predicted octanol–water partition coefficient (Wildman–Crippen LogP) is 2.57. The SMILES string of the molecule is CCC(NC(=O)Nc1ccc(F)c(Br)c1)C(=O)O. The zero-order valence-electron chi connectivity index (χ0n) is 9.54. The second-order valence-electron chi connectivity index (χ2n) is 3.53. The number of nitrogens with one attached hydrogen (secondary N) is 2. The van der Waals surface area contributed by atoms with Crippen LogP contribution in [0.2, 0.25) is 0 Å². The third-order valence-electron chi connectivity index (χ3n) is 2.19. The number of halogens is 2. The molecule has 5 nitrogen and oxygen atoms in total. The summed E-state index contributed by atoms with van der Waals surface area (Å²) in [5.41, 5.74) is 0.362. The van der Waals surface area contributed by atoms with Crippen LogP contribution in [0, 0.1) is 5.82 Å². The lowest BCUT2D eigenvalue weighted by Gasteiger charge is -2.13. The van der Waals surface area contributed by atoms with Crippen LogP contribution in [0.1, 0.15) is 13.3 Å². The summed E-state index contributed by atoms with van der Waals surface area (Å²) in [6.07, 6.45) is 0.274. The average Bonchev–Trinajstić information content (AvgIpc) is 2.30. The molecule has 0 heterocycles. The van der Waals surface area contributed by atoms with Gasteiger partial charge in [0.1, 0.15) is 11.9 Å². The van der Waals surface area contributed by atoms with Gasteiger partial charge in [0, 0.05) is 5.69 Å². The predicted molar refractivity (Wildman–Crippen MR) is 68.0 cm³/mol. The number of carbonyl (C=O) groups excluding carboxylic acids is 1. The number of urea groups is 1. The standard InChI is InChI=1S/C11H12BrFN2O3/c1-2-9(10(16)17)15-11(18)14-6-3-4-8(13)7(12)5-6/h3-5,9H,2H2,1H3,(H,16,17)(H2,14,15,18). The Kier molecular flexibility index (Phi) is 5.08. The topological polar surface area (TPSA) is 78.4 Å². The number of carboxylic acid groups (broad SMARTS) is 1. The van der Waals surface area contributed by atoms with Gasteiger partial charge in [0.05, 0.1) is 4.47 Å². The molecular weight excluding hydrogens is 307 g/mol. The number of amides is 2. The van der Waals surface area contributed by atoms with Gasteiger partial charge in [0.15, 0.2) is 0 Å². The van der Waals surface area contributed by atoms with Crippen LogP contribution < -0.4 is 10.6 Å². The maximum absolute atomic E-state index is 13.0. The lowest BCUT2D eigenvalue weighted by atomic mass is 10.2. The third kappa shape index (κ3) is 3.99. The molecule has 0 aromatic heterocycles. The Morgan fingerprint density at radius 3 is 2.67 bits per heavy atom. The van der Waals surface area contributed by atoms with Gasteiger partial charge in [-0.25, -0.2) is 14.0 Å². The molecule has 1 atom stereocenters. The molecule has 0 radical (unpaired) electrons. The van der Waals surface area contributed by atoms with E-state index in [9.17, 15) is 14.0 Å². The molecule has 1 rings (SSSR count). The molecule has 1 aromatic rings. The fourth-order valence-corrected chi connectivity index (χ4v) is 1.62. The Hall–Kier alpha value is -1.63. The van der Waals surface area contributed by atoms with Gasteiger partial charge in [-0.1, -0.05) is 6.92 Å². The van der Waals surface area contributed by atoms with Crippen LogP contribution in [0.15, 0.2) is 22.7 Å². The summed E-state index contributed by atoms with van der Waals surface area (Å²) in [6.45, 7) is 1.65. The first-order chi connectivity index (χ1) is 8.43. The highest BCUT2D eigenvalue weighted by molar-refractivity contribution is 9.10. The van der Waals surface area contributed by atoms with E-state index in [4.69, 9.17) is 5.11 Å². The molecule has 0 bridgehead atoms. The molecule has 0 saturated heterocycles. The van der Waals surface area contributed by atoms with Crippen molar-refractivity contribution >= 4 is 33.6 Å². The van der Waals surface area contributed by atoms with Crippen LogP contribution in [0.25, 0.3) is 0 Å². The summed E-state index contributed by atoms with van der Waals surface area (Å²) in [7, 11) is 0. The van der Waals surface area contributed by atoms with Gasteiger partial charge in [-0.15, -0.1) is 0 Å². The molecule has 0 saturated carbocycles. The largest absolute Gasteiger partial charge is 0.480 e. The molecule has 0 aliphatic rings. The number of rotatable bonds is 4. The first kappa shape index (κ1) is 14.4. The average molecular weight is 319 g/mol. The van der Waals surface area contributed by atoms with E-state index >= 15 is 0 Å². The molecule has 0 fully saturated rings. The van der Waals surface area contributed by atoms with Crippen LogP contribution in [0.5, 0.6) is 0 Å². The molecule has 3 N–H and O–H groups in total. The number of hydrogen-bond acceptors (Lipinski definition) is 2. The Balaban J connectivity index is 2.64. The third-order valence-corrected chi connectivity index (χ3v) is 2.80. The Bertz CT molecular complexity index is 468. The van der Waals surface area contributed by atoms with Crippen molar-refractivity contribution in [2.45, 2.75) is 19.4 Å². The monoisotopic (exact) mass is 318 g/mol. The van der Waals surface area contributed by atoms with Gasteiger partial charge in [0.2, 0.25) is 0 Å². The van der Waals surface area contributed by atoms with E-state index in [1.165, 1.54) is 18.2 Å². The number of carboxylic acids is 1. The summed E-state index contributed by atoms with van der Waals surface area (Å²) in [5, 5.41) is 13.5. The van der Waals surface area contributed by atoms with Crippen molar-refractivity contribution in [1.29, 1.82) is 0 Å². The van der Waals surface area contributed by atoms with Crippen molar-refractivity contribution in [3.8, 4) is 0 Å². The van der Waals surface area contributed by atoms with Gasteiger partial charge in [-0.3, -0.25) is 0 Å². The van der Waals surface area contributed by atoms with Crippen molar-refractivity contribution < 1.29 is 19.1 Å². The van der Waals surface area contributed by atoms with Crippen molar-refractivity contribution in [3.63, 3.8) is 0 Å². The zero-order chi connectivity index (χ0) is 13.7. The summed E-state index contributed by atoms with van der Waals surface area (Å²) in [5.74, 6) is -1.55. The summed E-state index contributed by atoms with van der Waals surface area (Å²) >= 11 is 2.98. The van der Waals surface area contributed by atoms with E-state index in [0.29, 0.717) is 5.69 Å². The summed E-state index contributed by atoms with van der Waals surface area (Å²) in [4.78, 5) is 22.2. The fourth-order valence-electron chi connectivity index (χ4n) is 1.24. The van der Waals surface area contributed by atoms with Gasteiger partial charge in [0.25, 0.3) is 0 Å². The molecule has 0 aliphatic heterocycles. The normalized spacial score (nSPS) is 11.7. The van der Waals surface area contributed by atoms with Gasteiger partial charge in [-0.2, -0.15) is 0 Å². The molecule has 1 aromatic carbocycles. The van der Waals surface area contributed by atoms with Gasteiger partial charge < -0.3 is 15.7 Å². The first-order valence-corrected chi connectivity index (χ1v) is 5.98. The Morgan fingerprint density at radius 1 is 1.50 bits per heavy atom. The maximum Gasteiger partial charge on any atom is 0.326 e. The maximum atomic E-state index is 13.0. The van der Waals surface area contributed by atoms with Gasteiger partial charge >= 0.3 is 12.0 Å². The van der Waals surface area contributed by atoms with E-state index in [1.54, 1.807) is 6.92 Å². The van der Waals surface area contributed by atoms with Crippen molar-refractivity contribution in [3.05, 3.63) is 28.5 Å². The number of anilines is 1. The number of aliphatic carboxylic acids is 1. The first-order valence-electron chi connectivity index (χ1n) is 5.19. The molecule has 2 amide bonds. The van der Waals surface area contributed by atoms with E-state index < -0.39 is 23.9 Å². The minimum atomic E-state index is -1.10. The zero-order valence-corrected chi connectivity index (χ0v) is 11.1. The van der Waals surface area contributed by atoms with Crippen LogP contribution in [-0.2, 0) is 4.79 Å². The van der Waals surface area contributed by atoms with E-state index in [1.807, 2.05) is 0 Å². The lowest BCUT2D eigenvalue weighted by molar-refractivity contribution is -0.139. The Morgan fingerprint density at radius 2 is 2.17 bits per heavy atom. The lowest BCUT2D eigenvalue weighted by Crippen LogP contribution is -2.42. The van der Waals surface area contributed by atoms with Crippen molar-refractivity contribution in [2.75, 3.05) is 5.32 Å².